The maximum absolute atomic E-state index is 10.9. The largest absolute Gasteiger partial charge is 0.491 e. The fourth-order valence-electron chi connectivity index (χ4n) is 15.3. The fraction of sp³-hybridized carbons (Fsp3) is 0.607. The third kappa shape index (κ3) is 9.35. The van der Waals surface area contributed by atoms with Gasteiger partial charge in [-0.1, -0.05) is 74.9 Å². The number of hydrogen-bond acceptors (Lipinski definition) is 8. The number of aliphatic hydroxyl groups excluding tert-OH is 2. The highest BCUT2D eigenvalue weighted by Gasteiger charge is 2.55. The van der Waals surface area contributed by atoms with Crippen LogP contribution in [-0.2, 0) is 30.1 Å². The number of nitrogens with zero attached hydrogens (tertiary/aromatic N) is 2. The van der Waals surface area contributed by atoms with Gasteiger partial charge < -0.3 is 29.2 Å². The molecule has 0 amide bonds. The molecule has 0 radical (unpaired) electrons. The molecular formula is C61H78N2O6. The third-order valence-corrected chi connectivity index (χ3v) is 19.3. The van der Waals surface area contributed by atoms with Gasteiger partial charge in [-0.3, -0.25) is 9.80 Å². The molecule has 6 aliphatic carbocycles. The lowest BCUT2D eigenvalue weighted by atomic mass is 9.52. The molecule has 2 N–H and O–H groups in total. The normalized spacial score (nSPS) is 29.5. The van der Waals surface area contributed by atoms with Gasteiger partial charge in [0.05, 0.1) is 0 Å². The number of likely N-dealkylation sites (tertiary alicyclic amines) is 2. The zero-order valence-electron chi connectivity index (χ0n) is 41.2. The van der Waals surface area contributed by atoms with Crippen molar-refractivity contribution in [2.24, 2.45) is 23.7 Å². The zero-order valence-corrected chi connectivity index (χ0v) is 41.2. The van der Waals surface area contributed by atoms with E-state index in [-0.39, 0.29) is 37.3 Å². The Labute approximate surface area is 412 Å². The number of ether oxygens (including phenoxy) is 4. The Hall–Kier alpha value is -4.08. The Balaban J connectivity index is 0.581. The van der Waals surface area contributed by atoms with Crippen LogP contribution in [0.15, 0.2) is 84.9 Å². The molecule has 4 bridgehead atoms. The van der Waals surface area contributed by atoms with Crippen molar-refractivity contribution in [1.29, 1.82) is 0 Å². The number of aliphatic hydroxyl groups is 2. The van der Waals surface area contributed by atoms with Crippen molar-refractivity contribution in [1.82, 2.24) is 9.80 Å². The molecule has 2 saturated heterocycles. The van der Waals surface area contributed by atoms with E-state index in [1.165, 1.54) is 164 Å². The first-order chi connectivity index (χ1) is 33.9. The van der Waals surface area contributed by atoms with Gasteiger partial charge in [0, 0.05) is 36.0 Å². The average molecular weight is 935 g/mol. The van der Waals surface area contributed by atoms with Crippen molar-refractivity contribution in [2.75, 3.05) is 52.6 Å². The number of hydrogen-bond donors (Lipinski definition) is 2. The van der Waals surface area contributed by atoms with Gasteiger partial charge in [-0.25, -0.2) is 0 Å². The van der Waals surface area contributed by atoms with Crippen LogP contribution >= 0.6 is 0 Å². The van der Waals surface area contributed by atoms with Gasteiger partial charge in [0.25, 0.3) is 0 Å². The molecule has 2 aliphatic heterocycles. The molecule has 0 spiro atoms. The van der Waals surface area contributed by atoms with Crippen molar-refractivity contribution >= 4 is 0 Å². The third-order valence-electron chi connectivity index (χ3n) is 19.3. The SMILES string of the molecule is OC(COc1ccc(Cc2ccc(OCC(O)COc3ccc4c(c3)[C@@]35CCCC[C@H]3[C@@H](C4)N(CC3CCC3)CC5)cc2)cc1)COc1ccc2c(c1)[C@@]13CCCC[C@H]1[C@@H](C2)N(CC1CCC1)CC3. The summed E-state index contributed by atoms with van der Waals surface area (Å²) in [5.74, 6) is 6.58. The van der Waals surface area contributed by atoms with Crippen molar-refractivity contribution in [3.8, 4) is 23.0 Å². The summed E-state index contributed by atoms with van der Waals surface area (Å²) in [4.78, 5) is 5.78. The number of benzene rings is 4. The molecule has 6 fully saturated rings. The van der Waals surface area contributed by atoms with E-state index in [2.05, 4.69) is 70.5 Å². The van der Waals surface area contributed by atoms with Gasteiger partial charge in [0.15, 0.2) is 0 Å². The average Bonchev–Trinajstić information content (AvgIpc) is 3.35. The zero-order chi connectivity index (χ0) is 46.4. The van der Waals surface area contributed by atoms with E-state index in [0.29, 0.717) is 12.1 Å². The van der Waals surface area contributed by atoms with Crippen LogP contribution in [0.2, 0.25) is 0 Å². The minimum absolute atomic E-state index is 0.172. The molecule has 8 aliphatic rings. The Bertz CT molecular complexity index is 2220. The van der Waals surface area contributed by atoms with Crippen LogP contribution in [0.5, 0.6) is 23.0 Å². The lowest BCUT2D eigenvalue weighted by Crippen LogP contribution is -2.61. The molecule has 2 heterocycles. The van der Waals surface area contributed by atoms with Crippen LogP contribution in [0.4, 0.5) is 0 Å². The first-order valence-electron chi connectivity index (χ1n) is 27.7. The second-order valence-corrected chi connectivity index (χ2v) is 23.3. The van der Waals surface area contributed by atoms with Gasteiger partial charge in [0.2, 0.25) is 0 Å². The maximum atomic E-state index is 10.9. The van der Waals surface area contributed by atoms with Crippen LogP contribution in [0, 0.1) is 23.7 Å². The summed E-state index contributed by atoms with van der Waals surface area (Å²) in [5, 5.41) is 21.8. The summed E-state index contributed by atoms with van der Waals surface area (Å²) >= 11 is 0. The summed E-state index contributed by atoms with van der Waals surface area (Å²) in [6.07, 6.45) is 23.5. The summed E-state index contributed by atoms with van der Waals surface area (Å²) in [5.41, 5.74) is 9.06. The minimum atomic E-state index is -0.735. The highest BCUT2D eigenvalue weighted by molar-refractivity contribution is 5.47. The van der Waals surface area contributed by atoms with Crippen molar-refractivity contribution in [2.45, 2.75) is 157 Å². The molecule has 8 nitrogen and oxygen atoms in total. The van der Waals surface area contributed by atoms with E-state index >= 15 is 0 Å². The van der Waals surface area contributed by atoms with Crippen molar-refractivity contribution < 1.29 is 29.2 Å². The highest BCUT2D eigenvalue weighted by atomic mass is 16.5. The Morgan fingerprint density at radius 1 is 0.464 bits per heavy atom. The molecule has 69 heavy (non-hydrogen) atoms. The number of rotatable bonds is 18. The van der Waals surface area contributed by atoms with Gasteiger partial charge in [-0.15, -0.1) is 0 Å². The smallest absolute Gasteiger partial charge is 0.122 e. The van der Waals surface area contributed by atoms with Crippen LogP contribution in [0.25, 0.3) is 0 Å². The van der Waals surface area contributed by atoms with E-state index in [1.807, 2.05) is 24.3 Å². The Morgan fingerprint density at radius 3 is 1.28 bits per heavy atom. The van der Waals surface area contributed by atoms with Gasteiger partial charge in [-0.2, -0.15) is 0 Å². The fourth-order valence-corrected chi connectivity index (χ4v) is 15.3. The topological polar surface area (TPSA) is 83.9 Å². The molecule has 4 saturated carbocycles. The lowest BCUT2D eigenvalue weighted by molar-refractivity contribution is -0.0241. The van der Waals surface area contributed by atoms with Crippen molar-refractivity contribution in [3.05, 3.63) is 118 Å². The molecule has 4 aromatic rings. The molecule has 8 heteroatoms. The van der Waals surface area contributed by atoms with Gasteiger partial charge in [0.1, 0.15) is 61.6 Å². The molecular weight excluding hydrogens is 857 g/mol. The van der Waals surface area contributed by atoms with E-state index < -0.39 is 12.2 Å². The first kappa shape index (κ1) is 46.0. The Kier molecular flexibility index (Phi) is 13.2. The summed E-state index contributed by atoms with van der Waals surface area (Å²) in [6, 6.07) is 31.2. The van der Waals surface area contributed by atoms with Gasteiger partial charge in [-0.05, 0) is 202 Å². The van der Waals surface area contributed by atoms with Crippen LogP contribution in [0.1, 0.15) is 136 Å². The second-order valence-electron chi connectivity index (χ2n) is 23.3. The van der Waals surface area contributed by atoms with Crippen LogP contribution in [-0.4, -0.2) is 96.9 Å². The molecule has 2 unspecified atom stereocenters. The predicted octanol–water partition coefficient (Wildman–Crippen LogP) is 10.6. The molecule has 368 valence electrons. The standard InChI is InChI=1S/C61H78N2O6/c64-48(40-68-52-23-17-46-32-58-54-11-1-3-25-60(54,56(46)34-52)27-29-62(58)36-44-7-5-8-44)38-66-50-19-13-42(14-20-50)31-43-15-21-51(22-16-43)67-39-49(65)41-69-53-24-18-47-33-59-55-12-2-4-26-61(55,57(47)35-53)28-30-63(59)37-45-9-6-10-45/h13-24,34-35,44-45,48-49,54-55,58-59,64-65H,1-12,25-33,36-41H2/t48?,49?,54-,55-,58+,59+,60+,61+/m0/s1. The number of piperidine rings is 2. The van der Waals surface area contributed by atoms with E-state index in [0.717, 1.165) is 53.1 Å². The predicted molar refractivity (Wildman–Crippen MR) is 272 cm³/mol. The van der Waals surface area contributed by atoms with Gasteiger partial charge >= 0.3 is 0 Å². The Morgan fingerprint density at radius 2 is 0.870 bits per heavy atom. The maximum Gasteiger partial charge on any atom is 0.122 e. The molecule has 0 aromatic heterocycles. The quantitative estimate of drug-likeness (QED) is 0.102. The van der Waals surface area contributed by atoms with E-state index in [4.69, 9.17) is 18.9 Å². The van der Waals surface area contributed by atoms with Crippen molar-refractivity contribution in [3.63, 3.8) is 0 Å². The lowest BCUT2D eigenvalue weighted by Gasteiger charge is -2.59. The first-order valence-corrected chi connectivity index (χ1v) is 27.7. The monoisotopic (exact) mass is 935 g/mol. The minimum Gasteiger partial charge on any atom is -0.491 e. The molecule has 8 atom stereocenters. The molecule has 4 aromatic carbocycles. The van der Waals surface area contributed by atoms with E-state index in [1.54, 1.807) is 11.1 Å². The number of fused-ring (bicyclic) bond motifs is 2. The second kappa shape index (κ2) is 19.8. The highest BCUT2D eigenvalue weighted by Crippen LogP contribution is 2.58. The van der Waals surface area contributed by atoms with Crippen LogP contribution in [0.3, 0.4) is 0 Å². The van der Waals surface area contributed by atoms with E-state index in [9.17, 15) is 10.2 Å². The summed E-state index contributed by atoms with van der Waals surface area (Å²) < 4.78 is 24.6. The molecule has 12 rings (SSSR count). The summed E-state index contributed by atoms with van der Waals surface area (Å²) in [6.45, 7) is 5.85. The van der Waals surface area contributed by atoms with Crippen LogP contribution < -0.4 is 18.9 Å². The summed E-state index contributed by atoms with van der Waals surface area (Å²) in [7, 11) is 0.